The Morgan fingerprint density at radius 3 is 2.62 bits per heavy atom. The lowest BCUT2D eigenvalue weighted by atomic mass is 9.94. The Labute approximate surface area is 192 Å². The highest BCUT2D eigenvalue weighted by atomic mass is 16.5. The van der Waals surface area contributed by atoms with E-state index < -0.39 is 0 Å². The standard InChI is InChI=1S/C25H40N4O3/c1-28(22-8-3-2-4-9-22)18-20-7-5-6-10-23(20)27-25(30)26-17-24(21-11-14-32-19-21)29-12-15-31-16-13-29/h5-7,10,21-22,24H,2-4,8-9,11-19H2,1H3,(H2,26,27,30)/t21-,24-/m1/s1. The summed E-state index contributed by atoms with van der Waals surface area (Å²) in [6.45, 7) is 6.44. The van der Waals surface area contributed by atoms with E-state index in [2.05, 4.69) is 39.6 Å². The number of ether oxygens (including phenoxy) is 2. The van der Waals surface area contributed by atoms with Crippen molar-refractivity contribution in [2.24, 2.45) is 5.92 Å². The normalized spacial score (nSPS) is 23.9. The van der Waals surface area contributed by atoms with Crippen LogP contribution < -0.4 is 10.6 Å². The van der Waals surface area contributed by atoms with Crippen LogP contribution >= 0.6 is 0 Å². The summed E-state index contributed by atoms with van der Waals surface area (Å²) in [6, 6.07) is 8.99. The molecule has 0 unspecified atom stereocenters. The third-order valence-electron chi connectivity index (χ3n) is 7.38. The highest BCUT2D eigenvalue weighted by Gasteiger charge is 2.31. The lowest BCUT2D eigenvalue weighted by Crippen LogP contribution is -2.52. The maximum absolute atomic E-state index is 12.8. The van der Waals surface area contributed by atoms with E-state index in [1.54, 1.807) is 0 Å². The Morgan fingerprint density at radius 2 is 1.88 bits per heavy atom. The number of para-hydroxylation sites is 1. The maximum Gasteiger partial charge on any atom is 0.319 e. The first kappa shape index (κ1) is 23.5. The molecule has 3 aliphatic rings. The first-order valence-electron chi connectivity index (χ1n) is 12.4. The number of morpholine rings is 1. The molecule has 178 valence electrons. The summed E-state index contributed by atoms with van der Waals surface area (Å²) in [7, 11) is 2.21. The lowest BCUT2D eigenvalue weighted by molar-refractivity contribution is 0.00222. The molecule has 2 amide bonds. The van der Waals surface area contributed by atoms with Crippen LogP contribution in [-0.2, 0) is 16.0 Å². The second-order valence-corrected chi connectivity index (χ2v) is 9.54. The fourth-order valence-electron chi connectivity index (χ4n) is 5.42. The summed E-state index contributed by atoms with van der Waals surface area (Å²) in [5.41, 5.74) is 2.07. The van der Waals surface area contributed by atoms with E-state index in [0.29, 0.717) is 24.5 Å². The fourth-order valence-corrected chi connectivity index (χ4v) is 5.42. The minimum Gasteiger partial charge on any atom is -0.381 e. The predicted octanol–water partition coefficient (Wildman–Crippen LogP) is 3.31. The quantitative estimate of drug-likeness (QED) is 0.644. The smallest absolute Gasteiger partial charge is 0.319 e. The number of nitrogens with one attached hydrogen (secondary N) is 2. The zero-order chi connectivity index (χ0) is 22.2. The van der Waals surface area contributed by atoms with Gasteiger partial charge in [0.1, 0.15) is 0 Å². The van der Waals surface area contributed by atoms with Gasteiger partial charge in [0.25, 0.3) is 0 Å². The Morgan fingerprint density at radius 1 is 1.09 bits per heavy atom. The van der Waals surface area contributed by atoms with Crippen LogP contribution in [0.25, 0.3) is 0 Å². The van der Waals surface area contributed by atoms with E-state index in [1.165, 1.54) is 37.7 Å². The van der Waals surface area contributed by atoms with Crippen molar-refractivity contribution in [3.8, 4) is 0 Å². The number of hydrogen-bond acceptors (Lipinski definition) is 5. The Kier molecular flexibility index (Phi) is 8.79. The van der Waals surface area contributed by atoms with Gasteiger partial charge in [-0.2, -0.15) is 0 Å². The summed E-state index contributed by atoms with van der Waals surface area (Å²) >= 11 is 0. The van der Waals surface area contributed by atoms with Gasteiger partial charge in [-0.3, -0.25) is 9.80 Å². The maximum atomic E-state index is 12.8. The Hall–Kier alpha value is -1.67. The minimum absolute atomic E-state index is 0.130. The lowest BCUT2D eigenvalue weighted by Gasteiger charge is -2.37. The van der Waals surface area contributed by atoms with Crippen molar-refractivity contribution in [2.45, 2.75) is 57.2 Å². The Balaban J connectivity index is 1.32. The molecule has 1 saturated carbocycles. The van der Waals surface area contributed by atoms with Crippen LogP contribution in [0.3, 0.4) is 0 Å². The predicted molar refractivity (Wildman–Crippen MR) is 127 cm³/mol. The van der Waals surface area contributed by atoms with Crippen molar-refractivity contribution in [3.05, 3.63) is 29.8 Å². The van der Waals surface area contributed by atoms with Gasteiger partial charge >= 0.3 is 6.03 Å². The van der Waals surface area contributed by atoms with Crippen LogP contribution in [0, 0.1) is 5.92 Å². The topological polar surface area (TPSA) is 66.1 Å². The molecule has 3 fully saturated rings. The van der Waals surface area contributed by atoms with Crippen LogP contribution in [0.1, 0.15) is 44.1 Å². The summed E-state index contributed by atoms with van der Waals surface area (Å²) in [5, 5.41) is 6.26. The molecule has 0 aromatic heterocycles. The molecule has 2 atom stereocenters. The van der Waals surface area contributed by atoms with Gasteiger partial charge in [0.2, 0.25) is 0 Å². The van der Waals surface area contributed by atoms with Crippen LogP contribution in [-0.4, -0.2) is 81.0 Å². The van der Waals surface area contributed by atoms with Gasteiger partial charge in [0, 0.05) is 56.5 Å². The number of carbonyl (C=O) groups excluding carboxylic acids is 1. The highest BCUT2D eigenvalue weighted by molar-refractivity contribution is 5.90. The van der Waals surface area contributed by atoms with Gasteiger partial charge in [0.05, 0.1) is 19.8 Å². The minimum atomic E-state index is -0.130. The third kappa shape index (κ3) is 6.44. The van der Waals surface area contributed by atoms with Gasteiger partial charge in [-0.05, 0) is 37.9 Å². The monoisotopic (exact) mass is 444 g/mol. The van der Waals surface area contributed by atoms with Crippen molar-refractivity contribution in [3.63, 3.8) is 0 Å². The van der Waals surface area contributed by atoms with Crippen LogP contribution in [0.15, 0.2) is 24.3 Å². The fraction of sp³-hybridized carbons (Fsp3) is 0.720. The molecule has 0 spiro atoms. The number of anilines is 1. The first-order valence-corrected chi connectivity index (χ1v) is 12.4. The number of carbonyl (C=O) groups is 1. The second kappa shape index (κ2) is 12.0. The first-order chi connectivity index (χ1) is 15.7. The molecular weight excluding hydrogens is 404 g/mol. The number of hydrogen-bond donors (Lipinski definition) is 2. The highest BCUT2D eigenvalue weighted by Crippen LogP contribution is 2.25. The molecule has 2 N–H and O–H groups in total. The molecule has 2 saturated heterocycles. The summed E-state index contributed by atoms with van der Waals surface area (Å²) < 4.78 is 11.2. The summed E-state index contributed by atoms with van der Waals surface area (Å²) in [4.78, 5) is 17.7. The van der Waals surface area contributed by atoms with Gasteiger partial charge in [-0.1, -0.05) is 37.5 Å². The molecule has 7 nitrogen and oxygen atoms in total. The molecule has 7 heteroatoms. The SMILES string of the molecule is CN(Cc1ccccc1NC(=O)NC[C@H]([C@@H]1CCOC1)N1CCOCC1)C1CCCCC1. The number of rotatable bonds is 8. The van der Waals surface area contributed by atoms with E-state index in [1.807, 2.05) is 12.1 Å². The van der Waals surface area contributed by atoms with Gasteiger partial charge in [0.15, 0.2) is 0 Å². The average Bonchev–Trinajstić information content (AvgIpc) is 3.36. The number of benzene rings is 1. The van der Waals surface area contributed by atoms with Crippen molar-refractivity contribution in [1.29, 1.82) is 0 Å². The molecule has 1 aromatic carbocycles. The van der Waals surface area contributed by atoms with E-state index in [9.17, 15) is 4.79 Å². The van der Waals surface area contributed by atoms with Crippen LogP contribution in [0.5, 0.6) is 0 Å². The second-order valence-electron chi connectivity index (χ2n) is 9.54. The summed E-state index contributed by atoms with van der Waals surface area (Å²) in [5.74, 6) is 0.463. The summed E-state index contributed by atoms with van der Waals surface area (Å²) in [6.07, 6.45) is 7.63. The molecule has 2 aliphatic heterocycles. The van der Waals surface area contributed by atoms with E-state index in [4.69, 9.17) is 9.47 Å². The molecular formula is C25H40N4O3. The van der Waals surface area contributed by atoms with Crippen LogP contribution in [0.2, 0.25) is 0 Å². The number of amides is 2. The molecule has 0 radical (unpaired) electrons. The van der Waals surface area contributed by atoms with Gasteiger partial charge in [-0.25, -0.2) is 4.79 Å². The number of urea groups is 1. The average molecular weight is 445 g/mol. The van der Waals surface area contributed by atoms with E-state index in [0.717, 1.165) is 58.2 Å². The van der Waals surface area contributed by atoms with Crippen molar-refractivity contribution in [1.82, 2.24) is 15.1 Å². The third-order valence-corrected chi connectivity index (χ3v) is 7.38. The van der Waals surface area contributed by atoms with Crippen molar-refractivity contribution >= 4 is 11.7 Å². The molecule has 1 aromatic rings. The Bertz CT molecular complexity index is 713. The molecule has 1 aliphatic carbocycles. The molecule has 32 heavy (non-hydrogen) atoms. The van der Waals surface area contributed by atoms with E-state index in [-0.39, 0.29) is 6.03 Å². The van der Waals surface area contributed by atoms with Crippen molar-refractivity contribution < 1.29 is 14.3 Å². The van der Waals surface area contributed by atoms with E-state index >= 15 is 0 Å². The van der Waals surface area contributed by atoms with Gasteiger partial charge in [-0.15, -0.1) is 0 Å². The molecule has 0 bridgehead atoms. The van der Waals surface area contributed by atoms with Crippen LogP contribution in [0.4, 0.5) is 10.5 Å². The van der Waals surface area contributed by atoms with Gasteiger partial charge < -0.3 is 20.1 Å². The zero-order valence-corrected chi connectivity index (χ0v) is 19.6. The molecule has 4 rings (SSSR count). The largest absolute Gasteiger partial charge is 0.381 e. The number of nitrogens with zero attached hydrogens (tertiary/aromatic N) is 2. The zero-order valence-electron chi connectivity index (χ0n) is 19.6. The van der Waals surface area contributed by atoms with Crippen molar-refractivity contribution in [2.75, 3.05) is 58.4 Å². The molecule has 2 heterocycles.